The lowest BCUT2D eigenvalue weighted by Crippen LogP contribution is -2.34. The van der Waals surface area contributed by atoms with E-state index in [2.05, 4.69) is 4.74 Å². The highest BCUT2D eigenvalue weighted by molar-refractivity contribution is 5.74. The van der Waals surface area contributed by atoms with Gasteiger partial charge in [-0.3, -0.25) is 0 Å². The highest BCUT2D eigenvalue weighted by atomic mass is 19.3. The summed E-state index contributed by atoms with van der Waals surface area (Å²) in [6.45, 7) is 2.19. The summed E-state index contributed by atoms with van der Waals surface area (Å²) < 4.78 is 35.0. The number of hydrogen-bond donors (Lipinski definition) is 1. The molecule has 0 heterocycles. The first-order chi connectivity index (χ1) is 7.97. The van der Waals surface area contributed by atoms with Gasteiger partial charge in [0.25, 0.3) is 0 Å². The zero-order valence-electron chi connectivity index (χ0n) is 9.15. The summed E-state index contributed by atoms with van der Waals surface area (Å²) in [6, 6.07) is 5.69. The van der Waals surface area contributed by atoms with E-state index in [1.165, 1.54) is 18.2 Å². The van der Waals surface area contributed by atoms with Crippen LogP contribution in [0.2, 0.25) is 0 Å². The summed E-state index contributed by atoms with van der Waals surface area (Å²) >= 11 is 0. The fourth-order valence-corrected chi connectivity index (χ4v) is 1.05. The van der Waals surface area contributed by atoms with Gasteiger partial charge in [-0.1, -0.05) is 19.1 Å². The van der Waals surface area contributed by atoms with E-state index in [0.717, 1.165) is 0 Å². The number of para-hydroxylation sites is 2. The first kappa shape index (κ1) is 13.2. The molecule has 1 N–H and O–H groups in total. The van der Waals surface area contributed by atoms with E-state index in [-0.39, 0.29) is 11.5 Å². The van der Waals surface area contributed by atoms with Crippen molar-refractivity contribution in [1.29, 1.82) is 0 Å². The van der Waals surface area contributed by atoms with Crippen LogP contribution in [0.25, 0.3) is 0 Å². The van der Waals surface area contributed by atoms with E-state index in [9.17, 15) is 13.6 Å². The van der Waals surface area contributed by atoms with Crippen molar-refractivity contribution in [3.8, 4) is 11.5 Å². The normalized spacial score (nSPS) is 11.0. The van der Waals surface area contributed by atoms with Gasteiger partial charge in [-0.15, -0.1) is 0 Å². The molecule has 17 heavy (non-hydrogen) atoms. The number of aliphatic carboxylic acids is 1. The number of carbonyl (C=O) groups is 1. The van der Waals surface area contributed by atoms with E-state index >= 15 is 0 Å². The van der Waals surface area contributed by atoms with Gasteiger partial charge in [0.05, 0.1) is 6.61 Å². The number of carboxylic acid groups (broad SMARTS) is 1. The van der Waals surface area contributed by atoms with E-state index < -0.39 is 12.1 Å². The number of rotatable bonds is 6. The van der Waals surface area contributed by atoms with E-state index in [1.807, 2.05) is 6.92 Å². The van der Waals surface area contributed by atoms with Gasteiger partial charge < -0.3 is 14.6 Å². The third-order valence-electron chi connectivity index (χ3n) is 1.80. The van der Waals surface area contributed by atoms with Crippen LogP contribution in [-0.2, 0) is 4.79 Å². The molecule has 0 radical (unpaired) electrons. The minimum absolute atomic E-state index is 0.0928. The van der Waals surface area contributed by atoms with Crippen LogP contribution in [0.4, 0.5) is 8.78 Å². The van der Waals surface area contributed by atoms with Crippen LogP contribution >= 0.6 is 0 Å². The highest BCUT2D eigenvalue weighted by Crippen LogP contribution is 2.31. The number of alkyl halides is 2. The molecule has 94 valence electrons. The van der Waals surface area contributed by atoms with Gasteiger partial charge in [0.2, 0.25) is 0 Å². The fraction of sp³-hybridized carbons (Fsp3) is 0.364. The molecule has 4 nitrogen and oxygen atoms in total. The predicted octanol–water partition coefficient (Wildman–Crippen LogP) is 2.53. The summed E-state index contributed by atoms with van der Waals surface area (Å²) in [4.78, 5) is 10.2. The molecule has 0 aromatic heterocycles. The van der Waals surface area contributed by atoms with Gasteiger partial charge in [0, 0.05) is 0 Å². The summed E-state index contributed by atoms with van der Waals surface area (Å²) in [5.74, 6) is -2.55. The first-order valence-corrected chi connectivity index (χ1v) is 4.99. The molecule has 0 fully saturated rings. The van der Waals surface area contributed by atoms with Crippen molar-refractivity contribution in [3.05, 3.63) is 24.3 Å². The lowest BCUT2D eigenvalue weighted by atomic mass is 10.3. The molecule has 0 saturated heterocycles. The van der Waals surface area contributed by atoms with Crippen molar-refractivity contribution < 1.29 is 28.2 Å². The fourth-order valence-electron chi connectivity index (χ4n) is 1.05. The Kier molecular flexibility index (Phi) is 4.25. The molecule has 0 aliphatic heterocycles. The minimum Gasteiger partial charge on any atom is -0.490 e. The SMILES string of the molecule is CCCOc1ccccc1OC(F)(F)C(=O)O. The highest BCUT2D eigenvalue weighted by Gasteiger charge is 2.43. The summed E-state index contributed by atoms with van der Waals surface area (Å²) in [7, 11) is 0. The van der Waals surface area contributed by atoms with Gasteiger partial charge in [0.15, 0.2) is 11.5 Å². The molecule has 0 unspecified atom stereocenters. The topological polar surface area (TPSA) is 55.8 Å². The summed E-state index contributed by atoms with van der Waals surface area (Å²) in [6.07, 6.45) is -3.57. The molecule has 0 aliphatic rings. The largest absolute Gasteiger partial charge is 0.502 e. The Balaban J connectivity index is 2.86. The maximum Gasteiger partial charge on any atom is 0.502 e. The van der Waals surface area contributed by atoms with Gasteiger partial charge in [-0.05, 0) is 18.6 Å². The molecule has 0 amide bonds. The number of hydrogen-bond acceptors (Lipinski definition) is 3. The van der Waals surface area contributed by atoms with Crippen molar-refractivity contribution in [1.82, 2.24) is 0 Å². The molecule has 1 aromatic carbocycles. The standard InChI is InChI=1S/C11H12F2O4/c1-2-7-16-8-5-3-4-6-9(8)17-11(12,13)10(14)15/h3-6H,2,7H2,1H3,(H,14,15). The van der Waals surface area contributed by atoms with Crippen molar-refractivity contribution in [2.24, 2.45) is 0 Å². The Labute approximate surface area is 96.8 Å². The van der Waals surface area contributed by atoms with Gasteiger partial charge >= 0.3 is 12.1 Å². The van der Waals surface area contributed by atoms with Crippen molar-refractivity contribution in [3.63, 3.8) is 0 Å². The predicted molar refractivity (Wildman–Crippen MR) is 55.4 cm³/mol. The van der Waals surface area contributed by atoms with E-state index in [1.54, 1.807) is 6.07 Å². The van der Waals surface area contributed by atoms with Crippen molar-refractivity contribution >= 4 is 5.97 Å². The maximum absolute atomic E-state index is 12.9. The average molecular weight is 246 g/mol. The summed E-state index contributed by atoms with van der Waals surface area (Å²) in [5.41, 5.74) is 0. The quantitative estimate of drug-likeness (QED) is 0.838. The molecule has 1 rings (SSSR count). The minimum atomic E-state index is -4.27. The maximum atomic E-state index is 12.9. The van der Waals surface area contributed by atoms with E-state index in [0.29, 0.717) is 13.0 Å². The molecule has 0 aliphatic carbocycles. The van der Waals surface area contributed by atoms with Crippen LogP contribution in [0.1, 0.15) is 13.3 Å². The van der Waals surface area contributed by atoms with Crippen molar-refractivity contribution in [2.45, 2.75) is 19.5 Å². The van der Waals surface area contributed by atoms with Gasteiger partial charge in [0.1, 0.15) is 0 Å². The molecule has 0 spiro atoms. The second-order valence-corrected chi connectivity index (χ2v) is 3.22. The van der Waals surface area contributed by atoms with E-state index in [4.69, 9.17) is 9.84 Å². The molecule has 0 bridgehead atoms. The first-order valence-electron chi connectivity index (χ1n) is 4.99. The molecular formula is C11H12F2O4. The molecule has 0 atom stereocenters. The lowest BCUT2D eigenvalue weighted by molar-refractivity contribution is -0.211. The van der Waals surface area contributed by atoms with Gasteiger partial charge in [-0.25, -0.2) is 4.79 Å². The third-order valence-corrected chi connectivity index (χ3v) is 1.80. The van der Waals surface area contributed by atoms with Crippen LogP contribution in [-0.4, -0.2) is 23.8 Å². The Morgan fingerprint density at radius 3 is 2.47 bits per heavy atom. The number of halogens is 2. The van der Waals surface area contributed by atoms with Gasteiger partial charge in [-0.2, -0.15) is 8.78 Å². The average Bonchev–Trinajstić information content (AvgIpc) is 2.27. The van der Waals surface area contributed by atoms with Crippen LogP contribution in [0, 0.1) is 0 Å². The molecule has 0 saturated carbocycles. The number of carboxylic acids is 1. The van der Waals surface area contributed by atoms with Crippen LogP contribution in [0.5, 0.6) is 11.5 Å². The molecule has 6 heteroatoms. The second kappa shape index (κ2) is 5.47. The Hall–Kier alpha value is -1.85. The van der Waals surface area contributed by atoms with Crippen LogP contribution in [0.15, 0.2) is 24.3 Å². The zero-order valence-corrected chi connectivity index (χ0v) is 9.15. The third kappa shape index (κ3) is 3.58. The summed E-state index contributed by atoms with van der Waals surface area (Å²) in [5, 5.41) is 8.25. The van der Waals surface area contributed by atoms with Crippen LogP contribution in [0.3, 0.4) is 0 Å². The Morgan fingerprint density at radius 2 is 1.94 bits per heavy atom. The van der Waals surface area contributed by atoms with Crippen molar-refractivity contribution in [2.75, 3.05) is 6.61 Å². The molecular weight excluding hydrogens is 234 g/mol. The Bertz CT molecular complexity index is 393. The number of ether oxygens (including phenoxy) is 2. The monoisotopic (exact) mass is 246 g/mol. The lowest BCUT2D eigenvalue weighted by Gasteiger charge is -2.16. The second-order valence-electron chi connectivity index (χ2n) is 3.22. The van der Waals surface area contributed by atoms with Crippen LogP contribution < -0.4 is 9.47 Å². The Morgan fingerprint density at radius 1 is 1.35 bits per heavy atom. The molecule has 1 aromatic rings. The number of benzene rings is 1. The smallest absolute Gasteiger partial charge is 0.490 e. The zero-order chi connectivity index (χ0) is 12.9.